The Balaban J connectivity index is 2.22. The molecular formula is C16H18Cl2N2. The van der Waals surface area contributed by atoms with Gasteiger partial charge in [0.2, 0.25) is 0 Å². The first-order chi connectivity index (χ1) is 9.60. The van der Waals surface area contributed by atoms with Gasteiger partial charge in [0.15, 0.2) is 0 Å². The zero-order chi connectivity index (χ0) is 14.5. The van der Waals surface area contributed by atoms with Crippen molar-refractivity contribution in [2.75, 3.05) is 18.5 Å². The van der Waals surface area contributed by atoms with Crippen molar-refractivity contribution in [2.45, 2.75) is 13.0 Å². The monoisotopic (exact) mass is 308 g/mol. The lowest BCUT2D eigenvalue weighted by Gasteiger charge is -2.23. The van der Waals surface area contributed by atoms with E-state index in [0.717, 1.165) is 28.7 Å². The number of halogens is 2. The van der Waals surface area contributed by atoms with Crippen molar-refractivity contribution in [3.8, 4) is 0 Å². The number of hydrogen-bond acceptors (Lipinski definition) is 2. The molecular weight excluding hydrogens is 291 g/mol. The van der Waals surface area contributed by atoms with E-state index in [1.807, 2.05) is 36.4 Å². The Morgan fingerprint density at radius 3 is 2.50 bits per heavy atom. The molecule has 0 aliphatic heterocycles. The van der Waals surface area contributed by atoms with Gasteiger partial charge in [-0.05, 0) is 54.4 Å². The van der Waals surface area contributed by atoms with Gasteiger partial charge in [-0.3, -0.25) is 0 Å². The van der Waals surface area contributed by atoms with E-state index < -0.39 is 0 Å². The topological polar surface area (TPSA) is 29.3 Å². The lowest BCUT2D eigenvalue weighted by atomic mass is 10.1. The second kappa shape index (κ2) is 6.98. The van der Waals surface area contributed by atoms with Crippen molar-refractivity contribution >= 4 is 28.9 Å². The van der Waals surface area contributed by atoms with Gasteiger partial charge in [-0.2, -0.15) is 0 Å². The fourth-order valence-corrected chi connectivity index (χ4v) is 2.68. The van der Waals surface area contributed by atoms with Crippen LogP contribution in [-0.4, -0.2) is 13.6 Å². The van der Waals surface area contributed by atoms with Crippen LogP contribution in [0.5, 0.6) is 0 Å². The minimum Gasteiger partial charge on any atom is -0.370 e. The number of hydrogen-bond donors (Lipinski definition) is 1. The summed E-state index contributed by atoms with van der Waals surface area (Å²) in [7, 11) is 2.06. The standard InChI is InChI=1S/C16H18Cl2N2/c1-20(11-12-3-2-4-14(17)9-12)16-6-5-15(18)10-13(16)7-8-19/h2-6,9-10H,7-8,11,19H2,1H3. The summed E-state index contributed by atoms with van der Waals surface area (Å²) in [5.41, 5.74) is 9.17. The van der Waals surface area contributed by atoms with Gasteiger partial charge in [-0.15, -0.1) is 0 Å². The van der Waals surface area contributed by atoms with Crippen LogP contribution in [-0.2, 0) is 13.0 Å². The summed E-state index contributed by atoms with van der Waals surface area (Å²) in [6.07, 6.45) is 0.815. The van der Waals surface area contributed by atoms with Crippen LogP contribution in [0.2, 0.25) is 10.0 Å². The summed E-state index contributed by atoms with van der Waals surface area (Å²) < 4.78 is 0. The van der Waals surface area contributed by atoms with Crippen molar-refractivity contribution in [1.82, 2.24) is 0 Å². The molecule has 2 nitrogen and oxygen atoms in total. The molecule has 0 bridgehead atoms. The molecule has 2 rings (SSSR count). The summed E-state index contributed by atoms with van der Waals surface area (Å²) in [5.74, 6) is 0. The highest BCUT2D eigenvalue weighted by atomic mass is 35.5. The van der Waals surface area contributed by atoms with Gasteiger partial charge < -0.3 is 10.6 Å². The summed E-state index contributed by atoms with van der Waals surface area (Å²) in [5, 5.41) is 1.50. The maximum absolute atomic E-state index is 6.06. The minimum atomic E-state index is 0.609. The molecule has 0 amide bonds. The van der Waals surface area contributed by atoms with Crippen LogP contribution in [0.15, 0.2) is 42.5 Å². The largest absolute Gasteiger partial charge is 0.370 e. The smallest absolute Gasteiger partial charge is 0.0426 e. The van der Waals surface area contributed by atoms with Crippen LogP contribution in [0.3, 0.4) is 0 Å². The molecule has 0 aliphatic rings. The molecule has 0 heterocycles. The van der Waals surface area contributed by atoms with E-state index >= 15 is 0 Å². The molecule has 0 atom stereocenters. The molecule has 0 unspecified atom stereocenters. The lowest BCUT2D eigenvalue weighted by Crippen LogP contribution is -2.19. The molecule has 2 aromatic rings. The zero-order valence-corrected chi connectivity index (χ0v) is 13.0. The molecule has 0 spiro atoms. The Morgan fingerprint density at radius 1 is 1.05 bits per heavy atom. The minimum absolute atomic E-state index is 0.609. The summed E-state index contributed by atoms with van der Waals surface area (Å²) in [6, 6.07) is 13.8. The van der Waals surface area contributed by atoms with Gasteiger partial charge in [0.1, 0.15) is 0 Å². The quantitative estimate of drug-likeness (QED) is 0.900. The summed E-state index contributed by atoms with van der Waals surface area (Å²) in [6.45, 7) is 1.40. The van der Waals surface area contributed by atoms with Crippen molar-refractivity contribution in [1.29, 1.82) is 0 Å². The zero-order valence-electron chi connectivity index (χ0n) is 11.4. The first-order valence-corrected chi connectivity index (χ1v) is 7.30. The lowest BCUT2D eigenvalue weighted by molar-refractivity contribution is 0.893. The maximum Gasteiger partial charge on any atom is 0.0426 e. The molecule has 2 N–H and O–H groups in total. The summed E-state index contributed by atoms with van der Waals surface area (Å²) in [4.78, 5) is 2.19. The molecule has 2 aromatic carbocycles. The average molecular weight is 309 g/mol. The molecule has 0 saturated heterocycles. The molecule has 106 valence electrons. The van der Waals surface area contributed by atoms with Gasteiger partial charge in [0.25, 0.3) is 0 Å². The van der Waals surface area contributed by atoms with Crippen LogP contribution >= 0.6 is 23.2 Å². The van der Waals surface area contributed by atoms with Gasteiger partial charge in [-0.1, -0.05) is 35.3 Å². The molecule has 20 heavy (non-hydrogen) atoms. The van der Waals surface area contributed by atoms with Gasteiger partial charge in [0.05, 0.1) is 0 Å². The highest BCUT2D eigenvalue weighted by molar-refractivity contribution is 6.31. The Kier molecular flexibility index (Phi) is 5.30. The maximum atomic E-state index is 6.06. The average Bonchev–Trinajstić information content (AvgIpc) is 2.39. The van der Waals surface area contributed by atoms with Gasteiger partial charge >= 0.3 is 0 Å². The SMILES string of the molecule is CN(Cc1cccc(Cl)c1)c1ccc(Cl)cc1CCN. The highest BCUT2D eigenvalue weighted by Gasteiger charge is 2.08. The molecule has 4 heteroatoms. The van der Waals surface area contributed by atoms with Crippen LogP contribution in [0.4, 0.5) is 5.69 Å². The Hall–Kier alpha value is -1.22. The van der Waals surface area contributed by atoms with Crippen LogP contribution in [0, 0.1) is 0 Å². The van der Waals surface area contributed by atoms with E-state index in [0.29, 0.717) is 6.54 Å². The highest BCUT2D eigenvalue weighted by Crippen LogP contribution is 2.25. The Morgan fingerprint density at radius 2 is 1.80 bits per heavy atom. The third-order valence-electron chi connectivity index (χ3n) is 3.18. The first kappa shape index (κ1) is 15.2. The third kappa shape index (κ3) is 3.89. The second-order valence-corrected chi connectivity index (χ2v) is 5.67. The fraction of sp³-hybridized carbons (Fsp3) is 0.250. The predicted octanol–water partition coefficient (Wildman–Crippen LogP) is 4.13. The van der Waals surface area contributed by atoms with Crippen molar-refractivity contribution in [3.05, 3.63) is 63.6 Å². The molecule has 0 aliphatic carbocycles. The molecule has 0 fully saturated rings. The van der Waals surface area contributed by atoms with Crippen LogP contribution in [0.25, 0.3) is 0 Å². The molecule has 0 aromatic heterocycles. The van der Waals surface area contributed by atoms with Gasteiger partial charge in [0, 0.05) is 29.3 Å². The second-order valence-electron chi connectivity index (χ2n) is 4.80. The summed E-state index contributed by atoms with van der Waals surface area (Å²) >= 11 is 12.1. The number of anilines is 1. The van der Waals surface area contributed by atoms with E-state index in [9.17, 15) is 0 Å². The Bertz CT molecular complexity index is 584. The van der Waals surface area contributed by atoms with Crippen molar-refractivity contribution in [3.63, 3.8) is 0 Å². The normalized spacial score (nSPS) is 10.6. The van der Waals surface area contributed by atoms with E-state index in [1.165, 1.54) is 11.1 Å². The van der Waals surface area contributed by atoms with E-state index in [4.69, 9.17) is 28.9 Å². The number of rotatable bonds is 5. The van der Waals surface area contributed by atoms with Crippen molar-refractivity contribution in [2.24, 2.45) is 5.73 Å². The molecule has 0 radical (unpaired) electrons. The van der Waals surface area contributed by atoms with E-state index in [2.05, 4.69) is 18.0 Å². The predicted molar refractivity (Wildman–Crippen MR) is 87.8 cm³/mol. The van der Waals surface area contributed by atoms with Gasteiger partial charge in [-0.25, -0.2) is 0 Å². The van der Waals surface area contributed by atoms with Crippen LogP contribution < -0.4 is 10.6 Å². The molecule has 0 saturated carbocycles. The van der Waals surface area contributed by atoms with Crippen molar-refractivity contribution < 1.29 is 0 Å². The first-order valence-electron chi connectivity index (χ1n) is 6.54. The fourth-order valence-electron chi connectivity index (χ4n) is 2.28. The number of nitrogens with two attached hydrogens (primary N) is 1. The van der Waals surface area contributed by atoms with E-state index in [1.54, 1.807) is 0 Å². The number of nitrogens with zero attached hydrogens (tertiary/aromatic N) is 1. The van der Waals surface area contributed by atoms with E-state index in [-0.39, 0.29) is 0 Å². The third-order valence-corrected chi connectivity index (χ3v) is 3.65. The number of benzene rings is 2. The van der Waals surface area contributed by atoms with Crippen LogP contribution in [0.1, 0.15) is 11.1 Å². The Labute approximate surface area is 130 Å².